The summed E-state index contributed by atoms with van der Waals surface area (Å²) in [6.45, 7) is 0.447. The molecule has 0 atom stereocenters. The average Bonchev–Trinajstić information content (AvgIpc) is 3.17. The van der Waals surface area contributed by atoms with Crippen LogP contribution in [0.25, 0.3) is 22.1 Å². The Morgan fingerprint density at radius 1 is 1.04 bits per heavy atom. The molecule has 0 fully saturated rings. The molecule has 0 aliphatic carbocycles. The molecule has 3 aromatic heterocycles. The summed E-state index contributed by atoms with van der Waals surface area (Å²) in [5.74, 6) is 0. The molecule has 0 spiro atoms. The molecule has 9 heteroatoms. The fraction of sp³-hybridized carbons (Fsp3) is 0.294. The van der Waals surface area contributed by atoms with Crippen molar-refractivity contribution in [3.63, 3.8) is 0 Å². The number of aryl methyl sites for hydroxylation is 3. The van der Waals surface area contributed by atoms with Crippen molar-refractivity contribution in [3.8, 4) is 0 Å². The zero-order valence-corrected chi connectivity index (χ0v) is 14.4. The number of para-hydroxylation sites is 1. The third-order valence-corrected chi connectivity index (χ3v) is 4.50. The number of hydrogen-bond acceptors (Lipinski definition) is 5. The van der Waals surface area contributed by atoms with Crippen molar-refractivity contribution in [1.82, 2.24) is 23.4 Å². The number of rotatable bonds is 4. The van der Waals surface area contributed by atoms with Gasteiger partial charge in [-0.15, -0.1) is 0 Å². The highest BCUT2D eigenvalue weighted by atomic mass is 16.5. The summed E-state index contributed by atoms with van der Waals surface area (Å²) in [5, 5.41) is 0.511. The minimum absolute atomic E-state index is 0.177. The van der Waals surface area contributed by atoms with Crippen LogP contribution in [-0.2, 0) is 27.2 Å². The Balaban J connectivity index is 1.65. The molecule has 4 rings (SSSR count). The minimum Gasteiger partial charge on any atom is -0.376 e. The lowest BCUT2D eigenvalue weighted by Gasteiger charge is -2.08. The van der Waals surface area contributed by atoms with Crippen molar-refractivity contribution in [2.75, 3.05) is 0 Å². The quantitative estimate of drug-likeness (QED) is 0.529. The molecule has 0 aliphatic heterocycles. The summed E-state index contributed by atoms with van der Waals surface area (Å²) >= 11 is 0. The molecule has 0 amide bonds. The Morgan fingerprint density at radius 2 is 1.81 bits per heavy atom. The molecule has 4 aromatic rings. The van der Waals surface area contributed by atoms with Crippen LogP contribution >= 0.6 is 0 Å². The van der Waals surface area contributed by atoms with Gasteiger partial charge in [-0.05, 0) is 18.6 Å². The van der Waals surface area contributed by atoms with Crippen molar-refractivity contribution in [3.05, 3.63) is 61.8 Å². The SMILES string of the molecule is Cn1cnc2c1c(=O)n(CCCn1oc3ccccc3c1=O)c(=O)n2C. The van der Waals surface area contributed by atoms with Crippen LogP contribution in [0.3, 0.4) is 0 Å². The lowest BCUT2D eigenvalue weighted by Crippen LogP contribution is -2.39. The van der Waals surface area contributed by atoms with E-state index >= 15 is 0 Å². The lowest BCUT2D eigenvalue weighted by molar-refractivity contribution is 0.271. The van der Waals surface area contributed by atoms with Crippen LogP contribution in [0, 0.1) is 0 Å². The maximum atomic E-state index is 12.6. The standard InChI is InChI=1S/C17H17N5O4/c1-19-10-18-14-13(19)16(24)21(17(25)20(14)2)8-5-9-22-15(23)11-6-3-4-7-12(11)26-22/h3-4,6-7,10H,5,8-9H2,1-2H3. The maximum Gasteiger partial charge on any atom is 0.332 e. The number of benzene rings is 1. The molecule has 0 radical (unpaired) electrons. The highest BCUT2D eigenvalue weighted by molar-refractivity contribution is 5.75. The topological polar surface area (TPSA) is 97.0 Å². The normalized spacial score (nSPS) is 11.6. The summed E-state index contributed by atoms with van der Waals surface area (Å²) in [6, 6.07) is 7.00. The third kappa shape index (κ3) is 2.32. The Labute approximate surface area is 146 Å². The van der Waals surface area contributed by atoms with Crippen molar-refractivity contribution >= 4 is 22.1 Å². The summed E-state index contributed by atoms with van der Waals surface area (Å²) in [5.41, 5.74) is 0.197. The van der Waals surface area contributed by atoms with Gasteiger partial charge in [0.15, 0.2) is 16.7 Å². The van der Waals surface area contributed by atoms with Crippen LogP contribution in [0.5, 0.6) is 0 Å². The second-order valence-electron chi connectivity index (χ2n) is 6.17. The van der Waals surface area contributed by atoms with Gasteiger partial charge in [-0.3, -0.25) is 18.7 Å². The lowest BCUT2D eigenvalue weighted by atomic mass is 10.3. The largest absolute Gasteiger partial charge is 0.376 e. The Bertz CT molecular complexity index is 1300. The van der Waals surface area contributed by atoms with Crippen LogP contribution in [0.2, 0.25) is 0 Å². The summed E-state index contributed by atoms with van der Waals surface area (Å²) in [6.07, 6.45) is 1.90. The number of fused-ring (bicyclic) bond motifs is 2. The van der Waals surface area contributed by atoms with Gasteiger partial charge in [-0.25, -0.2) is 9.78 Å². The Hall–Kier alpha value is -3.36. The fourth-order valence-corrected chi connectivity index (χ4v) is 3.13. The molecule has 9 nitrogen and oxygen atoms in total. The highest BCUT2D eigenvalue weighted by Gasteiger charge is 2.15. The van der Waals surface area contributed by atoms with E-state index in [0.717, 1.165) is 4.57 Å². The minimum atomic E-state index is -0.432. The van der Waals surface area contributed by atoms with Gasteiger partial charge < -0.3 is 9.09 Å². The molecule has 3 heterocycles. The number of aromatic nitrogens is 5. The van der Waals surface area contributed by atoms with Crippen LogP contribution in [-0.4, -0.2) is 23.4 Å². The van der Waals surface area contributed by atoms with Gasteiger partial charge in [0.1, 0.15) is 0 Å². The van der Waals surface area contributed by atoms with Gasteiger partial charge in [0.25, 0.3) is 11.1 Å². The smallest absolute Gasteiger partial charge is 0.332 e. The molecule has 0 bridgehead atoms. The summed E-state index contributed by atoms with van der Waals surface area (Å²) < 4.78 is 10.9. The van der Waals surface area contributed by atoms with Gasteiger partial charge in [0.2, 0.25) is 0 Å². The molecule has 0 saturated carbocycles. The van der Waals surface area contributed by atoms with E-state index in [9.17, 15) is 14.4 Å². The van der Waals surface area contributed by atoms with E-state index in [1.54, 1.807) is 42.9 Å². The number of hydrogen-bond donors (Lipinski definition) is 0. The van der Waals surface area contributed by atoms with Gasteiger partial charge in [-0.1, -0.05) is 12.1 Å². The molecule has 0 unspecified atom stereocenters. The predicted octanol–water partition coefficient (Wildman–Crippen LogP) is 0.432. The van der Waals surface area contributed by atoms with E-state index < -0.39 is 5.69 Å². The first kappa shape index (κ1) is 16.1. The molecule has 134 valence electrons. The van der Waals surface area contributed by atoms with E-state index in [0.29, 0.717) is 28.6 Å². The van der Waals surface area contributed by atoms with Crippen LogP contribution in [0.15, 0.2) is 49.5 Å². The Kier molecular flexibility index (Phi) is 3.64. The van der Waals surface area contributed by atoms with Gasteiger partial charge in [0, 0.05) is 20.6 Å². The van der Waals surface area contributed by atoms with E-state index in [-0.39, 0.29) is 24.2 Å². The molecule has 26 heavy (non-hydrogen) atoms. The molecule has 0 saturated heterocycles. The first-order chi connectivity index (χ1) is 12.5. The second kappa shape index (κ2) is 5.87. The number of nitrogens with zero attached hydrogens (tertiary/aromatic N) is 5. The van der Waals surface area contributed by atoms with Crippen LogP contribution in [0.1, 0.15) is 6.42 Å². The monoisotopic (exact) mass is 355 g/mol. The van der Waals surface area contributed by atoms with E-state index in [1.165, 1.54) is 15.6 Å². The molecular weight excluding hydrogens is 338 g/mol. The van der Waals surface area contributed by atoms with Gasteiger partial charge in [-0.2, -0.15) is 4.74 Å². The molecule has 1 aromatic carbocycles. The van der Waals surface area contributed by atoms with Crippen molar-refractivity contribution < 1.29 is 4.52 Å². The molecule has 0 N–H and O–H groups in total. The fourth-order valence-electron chi connectivity index (χ4n) is 3.13. The summed E-state index contributed by atoms with van der Waals surface area (Å²) in [7, 11) is 3.29. The van der Waals surface area contributed by atoms with Crippen LogP contribution < -0.4 is 16.8 Å². The van der Waals surface area contributed by atoms with E-state index in [1.807, 2.05) is 0 Å². The zero-order chi connectivity index (χ0) is 18.4. The Morgan fingerprint density at radius 3 is 2.58 bits per heavy atom. The van der Waals surface area contributed by atoms with E-state index in [2.05, 4.69) is 4.98 Å². The van der Waals surface area contributed by atoms with Gasteiger partial charge in [0.05, 0.1) is 18.3 Å². The zero-order valence-electron chi connectivity index (χ0n) is 14.4. The first-order valence-electron chi connectivity index (χ1n) is 8.18. The first-order valence-corrected chi connectivity index (χ1v) is 8.18. The van der Waals surface area contributed by atoms with Gasteiger partial charge >= 0.3 is 5.69 Å². The van der Waals surface area contributed by atoms with Crippen LogP contribution in [0.4, 0.5) is 0 Å². The summed E-state index contributed by atoms with van der Waals surface area (Å²) in [4.78, 5) is 41.4. The predicted molar refractivity (Wildman–Crippen MR) is 95.3 cm³/mol. The third-order valence-electron chi connectivity index (χ3n) is 4.50. The van der Waals surface area contributed by atoms with Crippen molar-refractivity contribution in [2.24, 2.45) is 14.1 Å². The molecular formula is C17H17N5O4. The highest BCUT2D eigenvalue weighted by Crippen LogP contribution is 2.10. The van der Waals surface area contributed by atoms with Crippen molar-refractivity contribution in [2.45, 2.75) is 19.5 Å². The second-order valence-corrected chi connectivity index (χ2v) is 6.17. The maximum absolute atomic E-state index is 12.6. The number of imidazole rings is 1. The average molecular weight is 355 g/mol. The van der Waals surface area contributed by atoms with E-state index in [4.69, 9.17) is 4.52 Å². The molecule has 0 aliphatic rings. The van der Waals surface area contributed by atoms with Crippen molar-refractivity contribution in [1.29, 1.82) is 0 Å².